The Balaban J connectivity index is 0.000000307. The van der Waals surface area contributed by atoms with Crippen LogP contribution < -0.4 is 5.32 Å². The van der Waals surface area contributed by atoms with Crippen molar-refractivity contribution in [1.82, 2.24) is 10.5 Å². The normalized spacial score (nSPS) is 24.3. The van der Waals surface area contributed by atoms with E-state index in [1.807, 2.05) is 18.2 Å². The van der Waals surface area contributed by atoms with Crippen LogP contribution in [0.3, 0.4) is 0 Å². The van der Waals surface area contributed by atoms with Gasteiger partial charge in [0.25, 0.3) is 0 Å². The molecule has 11 heteroatoms. The van der Waals surface area contributed by atoms with Crippen LogP contribution in [0, 0.1) is 5.92 Å². The van der Waals surface area contributed by atoms with Crippen molar-refractivity contribution in [3.63, 3.8) is 0 Å². The van der Waals surface area contributed by atoms with Crippen molar-refractivity contribution in [2.24, 2.45) is 5.92 Å². The maximum atomic E-state index is 10.6. The molecule has 3 atom stereocenters. The van der Waals surface area contributed by atoms with Crippen molar-refractivity contribution in [1.29, 1.82) is 0 Å². The average molecular weight is 493 g/mol. The van der Waals surface area contributed by atoms with E-state index >= 15 is 0 Å². The number of hydrogen-bond acceptors (Lipinski definition) is 5. The first-order valence-corrected chi connectivity index (χ1v) is 11.0. The number of aliphatic carboxylic acids is 1. The number of piperidine rings is 1. The molecule has 1 aromatic carbocycles. The van der Waals surface area contributed by atoms with Gasteiger partial charge in [-0.1, -0.05) is 34.4 Å². The first kappa shape index (κ1) is 23.4. The topological polar surface area (TPSA) is 84.6 Å². The molecule has 2 aliphatic carbocycles. The fourth-order valence-corrected chi connectivity index (χ4v) is 4.80. The van der Waals surface area contributed by atoms with Crippen LogP contribution in [0.4, 0.5) is 13.2 Å². The van der Waals surface area contributed by atoms with Gasteiger partial charge in [-0.25, -0.2) is 4.79 Å². The van der Waals surface area contributed by atoms with Crippen molar-refractivity contribution in [2.45, 2.75) is 56.5 Å². The van der Waals surface area contributed by atoms with Crippen LogP contribution in [-0.4, -0.2) is 41.1 Å². The van der Waals surface area contributed by atoms with Gasteiger partial charge in [0.05, 0.1) is 22.8 Å². The molecule has 5 rings (SSSR count). The smallest absolute Gasteiger partial charge is 0.475 e. The van der Waals surface area contributed by atoms with E-state index < -0.39 is 12.1 Å². The number of ether oxygens (including phenoxy) is 1. The van der Waals surface area contributed by atoms with Crippen molar-refractivity contribution < 1.29 is 32.3 Å². The van der Waals surface area contributed by atoms with Gasteiger partial charge in [-0.05, 0) is 43.7 Å². The highest BCUT2D eigenvalue weighted by Crippen LogP contribution is 2.46. The van der Waals surface area contributed by atoms with Crippen LogP contribution in [0.2, 0.25) is 10.0 Å². The van der Waals surface area contributed by atoms with Crippen LogP contribution in [0.5, 0.6) is 0 Å². The highest BCUT2D eigenvalue weighted by Gasteiger charge is 2.41. The summed E-state index contributed by atoms with van der Waals surface area (Å²) in [4.78, 5) is 8.90. The van der Waals surface area contributed by atoms with E-state index in [1.165, 1.54) is 6.42 Å². The van der Waals surface area contributed by atoms with Gasteiger partial charge in [0.1, 0.15) is 11.5 Å². The molecule has 2 aromatic rings. The van der Waals surface area contributed by atoms with Gasteiger partial charge in [-0.15, -0.1) is 0 Å². The third kappa shape index (κ3) is 5.06. The number of aromatic nitrogens is 1. The molecule has 174 valence electrons. The largest absolute Gasteiger partial charge is 0.490 e. The molecule has 6 nitrogen and oxygen atoms in total. The zero-order chi connectivity index (χ0) is 23.0. The number of carboxylic acids is 1. The van der Waals surface area contributed by atoms with Crippen LogP contribution >= 0.6 is 23.2 Å². The molecule has 0 spiro atoms. The maximum Gasteiger partial charge on any atom is 0.490 e. The summed E-state index contributed by atoms with van der Waals surface area (Å²) in [5.41, 5.74) is 2.50. The van der Waals surface area contributed by atoms with Crippen molar-refractivity contribution in [2.75, 3.05) is 6.54 Å². The Morgan fingerprint density at radius 1 is 1.25 bits per heavy atom. The number of benzene rings is 1. The van der Waals surface area contributed by atoms with E-state index in [9.17, 15) is 13.2 Å². The first-order valence-electron chi connectivity index (χ1n) is 10.2. The predicted molar refractivity (Wildman–Crippen MR) is 111 cm³/mol. The second-order valence-corrected chi connectivity index (χ2v) is 9.05. The quantitative estimate of drug-likeness (QED) is 0.579. The highest BCUT2D eigenvalue weighted by atomic mass is 35.5. The number of carbonyl (C=O) groups is 1. The zero-order valence-corrected chi connectivity index (χ0v) is 18.3. The molecule has 3 unspecified atom stereocenters. The Morgan fingerprint density at radius 2 is 1.91 bits per heavy atom. The molecule has 2 N–H and O–H groups in total. The molecular formula is C21H21Cl2F3N2O4. The monoisotopic (exact) mass is 492 g/mol. The number of rotatable bonds is 5. The molecule has 0 amide bonds. The Labute approximate surface area is 192 Å². The van der Waals surface area contributed by atoms with Crippen LogP contribution in [0.25, 0.3) is 11.3 Å². The van der Waals surface area contributed by atoms with Crippen molar-refractivity contribution in [3.8, 4) is 11.3 Å². The molecule has 3 fully saturated rings. The third-order valence-electron chi connectivity index (χ3n) is 5.95. The summed E-state index contributed by atoms with van der Waals surface area (Å²) in [5.74, 6) is -0.718. The Hall–Kier alpha value is -1.81. The van der Waals surface area contributed by atoms with E-state index in [0.29, 0.717) is 40.6 Å². The lowest BCUT2D eigenvalue weighted by Crippen LogP contribution is -2.34. The van der Waals surface area contributed by atoms with E-state index in [1.54, 1.807) is 0 Å². The number of carboxylic acid groups (broad SMARTS) is 1. The summed E-state index contributed by atoms with van der Waals surface area (Å²) in [6, 6.07) is 6.13. The second-order valence-electron chi connectivity index (χ2n) is 8.23. The van der Waals surface area contributed by atoms with Crippen LogP contribution in [-0.2, 0) is 16.1 Å². The molecule has 1 saturated heterocycles. The summed E-state index contributed by atoms with van der Waals surface area (Å²) in [7, 11) is 0. The molecular weight excluding hydrogens is 472 g/mol. The number of nitrogens with one attached hydrogen (secondary N) is 1. The van der Waals surface area contributed by atoms with Crippen molar-refractivity contribution >= 4 is 29.2 Å². The molecule has 32 heavy (non-hydrogen) atoms. The molecule has 2 saturated carbocycles. The van der Waals surface area contributed by atoms with E-state index in [4.69, 9.17) is 42.4 Å². The zero-order valence-electron chi connectivity index (χ0n) is 16.8. The minimum Gasteiger partial charge on any atom is -0.475 e. The number of nitrogens with zero attached hydrogens (tertiary/aromatic N) is 1. The van der Waals surface area contributed by atoms with Gasteiger partial charge >= 0.3 is 12.1 Å². The van der Waals surface area contributed by atoms with Gasteiger partial charge in [0.15, 0.2) is 0 Å². The van der Waals surface area contributed by atoms with Gasteiger partial charge in [0, 0.05) is 29.6 Å². The summed E-state index contributed by atoms with van der Waals surface area (Å²) < 4.78 is 43.8. The third-order valence-corrected chi connectivity index (χ3v) is 6.58. The number of hydrogen-bond donors (Lipinski definition) is 2. The Kier molecular flexibility index (Phi) is 6.72. The Bertz CT molecular complexity index is 974. The predicted octanol–water partition coefficient (Wildman–Crippen LogP) is 5.43. The van der Waals surface area contributed by atoms with Crippen molar-refractivity contribution in [3.05, 3.63) is 39.6 Å². The first-order chi connectivity index (χ1) is 15.1. The summed E-state index contributed by atoms with van der Waals surface area (Å²) in [6.07, 6.45) is -0.141. The SMILES string of the molecule is Clc1cccc(Cl)c1-c1noc(C2CC2)c1COC1CC2CC1CN2.O=C(O)C(F)(F)F. The molecule has 1 aromatic heterocycles. The molecule has 3 aliphatic rings. The standard InChI is InChI=1S/C19H20Cl2N2O2.C2HF3O2/c20-14-2-1-3-15(21)17(14)18-13(19(25-23-18)10-4-5-10)9-24-16-7-12-6-11(16)8-22-12;3-2(4,5)1(6)7/h1-3,10-12,16,22H,4-9H2;(H,6,7). The fourth-order valence-electron chi connectivity index (χ4n) is 4.23. The average Bonchev–Trinajstić information content (AvgIpc) is 3.15. The minimum absolute atomic E-state index is 0.322. The molecule has 0 radical (unpaired) electrons. The number of alkyl halides is 3. The van der Waals surface area contributed by atoms with Crippen LogP contribution in [0.15, 0.2) is 22.7 Å². The molecule has 2 heterocycles. The second kappa shape index (κ2) is 9.21. The fraction of sp³-hybridized carbons (Fsp3) is 0.524. The lowest BCUT2D eigenvalue weighted by molar-refractivity contribution is -0.192. The van der Waals surface area contributed by atoms with Gasteiger partial charge in [-0.2, -0.15) is 13.2 Å². The van der Waals surface area contributed by atoms with E-state index in [-0.39, 0.29) is 0 Å². The minimum atomic E-state index is -5.08. The van der Waals surface area contributed by atoms with Gasteiger partial charge < -0.3 is 19.7 Å². The summed E-state index contributed by atoms with van der Waals surface area (Å²) in [6.45, 7) is 1.58. The van der Waals surface area contributed by atoms with Gasteiger partial charge in [0.2, 0.25) is 0 Å². The van der Waals surface area contributed by atoms with Gasteiger partial charge in [-0.3, -0.25) is 0 Å². The highest BCUT2D eigenvalue weighted by molar-refractivity contribution is 6.39. The lowest BCUT2D eigenvalue weighted by atomic mass is 10.0. The van der Waals surface area contributed by atoms with E-state index in [0.717, 1.165) is 48.4 Å². The molecule has 1 aliphatic heterocycles. The lowest BCUT2D eigenvalue weighted by Gasteiger charge is -2.23. The maximum absolute atomic E-state index is 10.6. The Morgan fingerprint density at radius 3 is 2.41 bits per heavy atom. The summed E-state index contributed by atoms with van der Waals surface area (Å²) >= 11 is 12.8. The number of fused-ring (bicyclic) bond motifs is 2. The van der Waals surface area contributed by atoms with Crippen LogP contribution in [0.1, 0.15) is 42.9 Å². The molecule has 2 bridgehead atoms. The number of halogens is 5. The summed E-state index contributed by atoms with van der Waals surface area (Å²) in [5, 5.41) is 16.2. The van der Waals surface area contributed by atoms with E-state index in [2.05, 4.69) is 10.5 Å².